The molecule has 19 heavy (non-hydrogen) atoms. The molecule has 3 N–H and O–H groups in total. The maximum Gasteiger partial charge on any atom is 0.311 e. The van der Waals surface area contributed by atoms with Crippen molar-refractivity contribution >= 4 is 11.6 Å². The third-order valence-corrected chi connectivity index (χ3v) is 2.33. The van der Waals surface area contributed by atoms with Crippen LogP contribution in [0.2, 0.25) is 0 Å². The minimum atomic E-state index is -1.06. The molecule has 0 radical (unpaired) electrons. The number of carbonyl (C=O) groups excluding carboxylic acids is 1. The minimum absolute atomic E-state index is 0.0127. The summed E-state index contributed by atoms with van der Waals surface area (Å²) in [5.74, 6) is 4.37. The molecule has 1 unspecified atom stereocenters. The summed E-state index contributed by atoms with van der Waals surface area (Å²) in [6, 6.07) is 4.44. The van der Waals surface area contributed by atoms with E-state index in [-0.39, 0.29) is 18.0 Å². The number of nitro groups is 1. The fraction of sp³-hybridized carbons (Fsp3) is 0.364. The summed E-state index contributed by atoms with van der Waals surface area (Å²) in [5, 5.41) is 10.9. The molecule has 0 bridgehead atoms. The predicted octanol–water partition coefficient (Wildman–Crippen LogP) is 0.287. The Morgan fingerprint density at radius 2 is 2.26 bits per heavy atom. The highest BCUT2D eigenvalue weighted by Gasteiger charge is 2.24. The summed E-state index contributed by atoms with van der Waals surface area (Å²) >= 11 is 0. The monoisotopic (exact) mass is 269 g/mol. The number of nitrogens with two attached hydrogens (primary N) is 1. The number of hydrogen-bond donors (Lipinski definition) is 2. The molecule has 1 rings (SSSR count). The Morgan fingerprint density at radius 1 is 1.58 bits per heavy atom. The van der Waals surface area contributed by atoms with Gasteiger partial charge in [-0.25, -0.2) is 5.84 Å². The van der Waals surface area contributed by atoms with E-state index in [1.54, 1.807) is 13.0 Å². The standard InChI is InChI=1S/C11H15N3O5/c1-7-3-4-9(8(5-7)14(16)17)19-10(6-18-2)11(15)13-12/h3-5,10H,6,12H2,1-2H3,(H,13,15). The molecule has 8 heteroatoms. The molecular formula is C11H15N3O5. The number of rotatable bonds is 6. The van der Waals surface area contributed by atoms with Crippen molar-refractivity contribution in [3.8, 4) is 5.75 Å². The number of methoxy groups -OCH3 is 1. The van der Waals surface area contributed by atoms with Crippen LogP contribution < -0.4 is 16.0 Å². The Kier molecular flexibility index (Phi) is 5.22. The largest absolute Gasteiger partial charge is 0.471 e. The zero-order chi connectivity index (χ0) is 14.4. The number of benzene rings is 1. The fourth-order valence-electron chi connectivity index (χ4n) is 1.43. The first-order chi connectivity index (χ1) is 8.99. The lowest BCUT2D eigenvalue weighted by Gasteiger charge is -2.16. The van der Waals surface area contributed by atoms with Gasteiger partial charge in [-0.1, -0.05) is 6.07 Å². The first-order valence-corrected chi connectivity index (χ1v) is 5.40. The molecule has 0 spiro atoms. The van der Waals surface area contributed by atoms with Crippen molar-refractivity contribution in [3.63, 3.8) is 0 Å². The Bertz CT molecular complexity index is 477. The van der Waals surface area contributed by atoms with Gasteiger partial charge in [-0.15, -0.1) is 0 Å². The lowest BCUT2D eigenvalue weighted by atomic mass is 10.2. The van der Waals surface area contributed by atoms with Gasteiger partial charge in [-0.05, 0) is 18.6 Å². The van der Waals surface area contributed by atoms with Gasteiger partial charge in [0, 0.05) is 13.2 Å². The molecule has 104 valence electrons. The van der Waals surface area contributed by atoms with E-state index in [2.05, 4.69) is 0 Å². The second-order valence-electron chi connectivity index (χ2n) is 3.80. The molecule has 1 aromatic carbocycles. The minimum Gasteiger partial charge on any atom is -0.471 e. The smallest absolute Gasteiger partial charge is 0.311 e. The second kappa shape index (κ2) is 6.66. The fourth-order valence-corrected chi connectivity index (χ4v) is 1.43. The van der Waals surface area contributed by atoms with E-state index in [4.69, 9.17) is 15.3 Å². The molecule has 0 saturated carbocycles. The lowest BCUT2D eigenvalue weighted by molar-refractivity contribution is -0.386. The average Bonchev–Trinajstić information content (AvgIpc) is 2.38. The van der Waals surface area contributed by atoms with Gasteiger partial charge in [0.2, 0.25) is 6.10 Å². The van der Waals surface area contributed by atoms with Crippen molar-refractivity contribution < 1.29 is 19.2 Å². The Hall–Kier alpha value is -2.19. The van der Waals surface area contributed by atoms with Crippen molar-refractivity contribution in [2.45, 2.75) is 13.0 Å². The summed E-state index contributed by atoms with van der Waals surface area (Å²) in [4.78, 5) is 21.8. The second-order valence-corrected chi connectivity index (χ2v) is 3.80. The molecule has 0 aliphatic heterocycles. The summed E-state index contributed by atoms with van der Waals surface area (Å²) in [5.41, 5.74) is 2.41. The number of ether oxygens (including phenoxy) is 2. The van der Waals surface area contributed by atoms with Gasteiger partial charge in [-0.3, -0.25) is 20.3 Å². The molecule has 0 aliphatic rings. The molecule has 0 fully saturated rings. The van der Waals surface area contributed by atoms with E-state index in [9.17, 15) is 14.9 Å². The lowest BCUT2D eigenvalue weighted by Crippen LogP contribution is -2.44. The highest BCUT2D eigenvalue weighted by atomic mass is 16.6. The van der Waals surface area contributed by atoms with Crippen LogP contribution in [0.25, 0.3) is 0 Å². The molecule has 0 saturated heterocycles. The normalized spacial score (nSPS) is 11.7. The van der Waals surface area contributed by atoms with Crippen LogP contribution in [0.4, 0.5) is 5.69 Å². The van der Waals surface area contributed by atoms with Gasteiger partial charge in [0.25, 0.3) is 5.91 Å². The van der Waals surface area contributed by atoms with E-state index in [1.165, 1.54) is 19.2 Å². The molecule has 0 heterocycles. The van der Waals surface area contributed by atoms with Gasteiger partial charge >= 0.3 is 5.69 Å². The Morgan fingerprint density at radius 3 is 2.79 bits per heavy atom. The van der Waals surface area contributed by atoms with E-state index >= 15 is 0 Å². The van der Waals surface area contributed by atoms with Crippen LogP contribution >= 0.6 is 0 Å². The number of nitrogens with zero attached hydrogens (tertiary/aromatic N) is 1. The van der Waals surface area contributed by atoms with Crippen LogP contribution in [0.1, 0.15) is 5.56 Å². The molecule has 1 aromatic rings. The summed E-state index contributed by atoms with van der Waals surface area (Å²) in [6.45, 7) is 1.64. The number of hydrazine groups is 1. The maximum atomic E-state index is 11.4. The Labute approximate surface area is 109 Å². The quantitative estimate of drug-likeness (QED) is 0.332. The number of nitro benzene ring substituents is 1. The highest BCUT2D eigenvalue weighted by molar-refractivity contribution is 5.80. The van der Waals surface area contributed by atoms with Crippen LogP contribution in [0.15, 0.2) is 18.2 Å². The SMILES string of the molecule is COCC(Oc1ccc(C)cc1[N+](=O)[O-])C(=O)NN. The van der Waals surface area contributed by atoms with Gasteiger partial charge in [0.15, 0.2) is 5.75 Å². The first kappa shape index (κ1) is 14.9. The summed E-state index contributed by atoms with van der Waals surface area (Å²) in [7, 11) is 1.38. The highest BCUT2D eigenvalue weighted by Crippen LogP contribution is 2.28. The van der Waals surface area contributed by atoms with Gasteiger partial charge in [-0.2, -0.15) is 0 Å². The van der Waals surface area contributed by atoms with Gasteiger partial charge in [0.1, 0.15) is 0 Å². The first-order valence-electron chi connectivity index (χ1n) is 5.40. The van der Waals surface area contributed by atoms with E-state index < -0.39 is 16.9 Å². The summed E-state index contributed by atoms with van der Waals surface area (Å²) < 4.78 is 10.1. The Balaban J connectivity index is 3.02. The van der Waals surface area contributed by atoms with Crippen LogP contribution in [-0.4, -0.2) is 30.7 Å². The van der Waals surface area contributed by atoms with Crippen molar-refractivity contribution in [1.82, 2.24) is 5.43 Å². The third kappa shape index (κ3) is 3.90. The zero-order valence-electron chi connectivity index (χ0n) is 10.6. The molecule has 0 aromatic heterocycles. The number of carbonyl (C=O) groups is 1. The van der Waals surface area contributed by atoms with E-state index in [0.29, 0.717) is 5.56 Å². The van der Waals surface area contributed by atoms with E-state index in [0.717, 1.165) is 0 Å². The van der Waals surface area contributed by atoms with E-state index in [1.807, 2.05) is 5.43 Å². The number of aryl methyl sites for hydroxylation is 1. The van der Waals surface area contributed by atoms with Crippen LogP contribution in [-0.2, 0) is 9.53 Å². The van der Waals surface area contributed by atoms with Crippen LogP contribution in [0.5, 0.6) is 5.75 Å². The number of amides is 1. The topological polar surface area (TPSA) is 117 Å². The van der Waals surface area contributed by atoms with Gasteiger partial charge in [0.05, 0.1) is 11.5 Å². The molecule has 0 aliphatic carbocycles. The maximum absolute atomic E-state index is 11.4. The van der Waals surface area contributed by atoms with Crippen molar-refractivity contribution in [3.05, 3.63) is 33.9 Å². The molecule has 1 atom stereocenters. The third-order valence-electron chi connectivity index (χ3n) is 2.33. The molecule has 8 nitrogen and oxygen atoms in total. The number of nitrogens with one attached hydrogen (secondary N) is 1. The van der Waals surface area contributed by atoms with Crippen molar-refractivity contribution in [2.75, 3.05) is 13.7 Å². The predicted molar refractivity (Wildman–Crippen MR) is 66.5 cm³/mol. The zero-order valence-corrected chi connectivity index (χ0v) is 10.6. The van der Waals surface area contributed by atoms with Crippen LogP contribution in [0.3, 0.4) is 0 Å². The molecular weight excluding hydrogens is 254 g/mol. The molecule has 1 amide bonds. The number of hydrogen-bond acceptors (Lipinski definition) is 6. The average molecular weight is 269 g/mol. The van der Waals surface area contributed by atoms with Crippen LogP contribution in [0, 0.1) is 17.0 Å². The van der Waals surface area contributed by atoms with Crippen molar-refractivity contribution in [1.29, 1.82) is 0 Å². The van der Waals surface area contributed by atoms with Gasteiger partial charge < -0.3 is 9.47 Å². The summed E-state index contributed by atoms with van der Waals surface area (Å²) in [6.07, 6.45) is -1.06. The van der Waals surface area contributed by atoms with Crippen molar-refractivity contribution in [2.24, 2.45) is 5.84 Å².